The number of benzene rings is 1. The summed E-state index contributed by atoms with van der Waals surface area (Å²) in [6, 6.07) is 5.05. The maximum atomic E-state index is 12.1. The van der Waals surface area contributed by atoms with E-state index in [-0.39, 0.29) is 27.9 Å². The molecule has 2 rings (SSSR count). The van der Waals surface area contributed by atoms with Crippen LogP contribution in [0.1, 0.15) is 6.42 Å². The summed E-state index contributed by atoms with van der Waals surface area (Å²) in [5, 5.41) is 8.58. The van der Waals surface area contributed by atoms with Crippen LogP contribution < -0.4 is 4.72 Å². The summed E-state index contributed by atoms with van der Waals surface area (Å²) < 4.78 is 35.8. The number of carbonyl (C=O) groups is 1. The Morgan fingerprint density at radius 2 is 2.20 bits per heavy atom. The van der Waals surface area contributed by atoms with Crippen molar-refractivity contribution in [2.24, 2.45) is 0 Å². The normalized spacial score (nSPS) is 11.9. The van der Waals surface area contributed by atoms with Crippen molar-refractivity contribution in [3.8, 4) is 0 Å². The Morgan fingerprint density at radius 3 is 2.90 bits per heavy atom. The third-order valence-corrected chi connectivity index (χ3v) is 5.20. The van der Waals surface area contributed by atoms with E-state index in [9.17, 15) is 13.2 Å². The number of hydrogen-bond acceptors (Lipinski definition) is 5. The average molecular weight is 363 g/mol. The average Bonchev–Trinajstić information content (AvgIpc) is 2.84. The van der Waals surface area contributed by atoms with Gasteiger partial charge in [-0.2, -0.15) is 0 Å². The van der Waals surface area contributed by atoms with Crippen molar-refractivity contribution in [1.82, 2.24) is 12.3 Å². The van der Waals surface area contributed by atoms with Gasteiger partial charge in [0.1, 0.15) is 0 Å². The van der Waals surface area contributed by atoms with E-state index >= 15 is 0 Å². The first kappa shape index (κ1) is 14.9. The van der Waals surface area contributed by atoms with Crippen LogP contribution in [0.2, 0.25) is 0 Å². The minimum absolute atomic E-state index is 0.106. The molecule has 20 heavy (non-hydrogen) atoms. The Hall–Kier alpha value is -1.48. The molecule has 1 heterocycles. The zero-order valence-corrected chi connectivity index (χ0v) is 13.0. The van der Waals surface area contributed by atoms with E-state index in [1.54, 1.807) is 18.2 Å². The van der Waals surface area contributed by atoms with Crippen LogP contribution in [0.3, 0.4) is 0 Å². The van der Waals surface area contributed by atoms with Crippen LogP contribution in [0.25, 0.3) is 11.0 Å². The molecule has 8 nitrogen and oxygen atoms in total. The summed E-state index contributed by atoms with van der Waals surface area (Å²) in [5.41, 5.74) is 1.55. The molecule has 0 bridgehead atoms. The van der Waals surface area contributed by atoms with Gasteiger partial charge in [0.2, 0.25) is 0 Å². The fraction of sp³-hybridized carbons (Fsp3) is 0.300. The molecule has 0 saturated carbocycles. The van der Waals surface area contributed by atoms with E-state index < -0.39 is 16.2 Å². The number of carboxylic acids is 1. The van der Waals surface area contributed by atoms with Gasteiger partial charge in [-0.1, -0.05) is 0 Å². The van der Waals surface area contributed by atoms with Crippen LogP contribution in [-0.4, -0.2) is 60.3 Å². The molecule has 2 aromatic rings. The van der Waals surface area contributed by atoms with Crippen LogP contribution >= 0.6 is 0 Å². The van der Waals surface area contributed by atoms with E-state index in [2.05, 4.69) is 12.7 Å². The standard InChI is InChI=1S/C10H12N4O4SSe/c1-14(6-5-9(15)16)19(17,18)11-7-3-2-4-8-10(7)13-20-12-8/h2-4,11H,5-6H2,1H3,(H,15,16). The first-order valence-electron chi connectivity index (χ1n) is 5.57. The van der Waals surface area contributed by atoms with Gasteiger partial charge in [-0.3, -0.25) is 0 Å². The molecule has 108 valence electrons. The van der Waals surface area contributed by atoms with E-state index in [0.717, 1.165) is 4.31 Å². The summed E-state index contributed by atoms with van der Waals surface area (Å²) in [7, 11) is -2.49. The van der Waals surface area contributed by atoms with Crippen molar-refractivity contribution in [3.63, 3.8) is 0 Å². The van der Waals surface area contributed by atoms with Crippen molar-refractivity contribution >= 4 is 47.9 Å². The van der Waals surface area contributed by atoms with Gasteiger partial charge in [0.25, 0.3) is 0 Å². The maximum absolute atomic E-state index is 12.1. The number of hydrogen-bond donors (Lipinski definition) is 2. The summed E-state index contributed by atoms with van der Waals surface area (Å²) in [5.74, 6) is -1.05. The predicted molar refractivity (Wildman–Crippen MR) is 73.9 cm³/mol. The van der Waals surface area contributed by atoms with Gasteiger partial charge in [0.05, 0.1) is 0 Å². The molecule has 0 unspecified atom stereocenters. The molecule has 2 N–H and O–H groups in total. The number of aromatic nitrogens is 2. The second kappa shape index (κ2) is 5.88. The van der Waals surface area contributed by atoms with Crippen LogP contribution in [0, 0.1) is 0 Å². The molecule has 0 atom stereocenters. The van der Waals surface area contributed by atoms with E-state index in [1.807, 2.05) is 0 Å². The number of fused-ring (bicyclic) bond motifs is 1. The molecule has 0 fully saturated rings. The molecular formula is C10H12N4O4SSe. The monoisotopic (exact) mass is 364 g/mol. The molecule has 0 spiro atoms. The SMILES string of the molecule is CN(CCC(=O)O)S(=O)(=O)Nc1cccc2n[se]nc12. The van der Waals surface area contributed by atoms with Crippen molar-refractivity contribution < 1.29 is 18.3 Å². The zero-order chi connectivity index (χ0) is 14.8. The Morgan fingerprint density at radius 1 is 1.45 bits per heavy atom. The van der Waals surface area contributed by atoms with Gasteiger partial charge in [0.15, 0.2) is 0 Å². The van der Waals surface area contributed by atoms with Crippen LogP contribution in [-0.2, 0) is 15.0 Å². The molecule has 1 aromatic heterocycles. The fourth-order valence-corrected chi connectivity index (χ4v) is 3.56. The number of nitrogens with one attached hydrogen (secondary N) is 1. The Balaban J connectivity index is 2.19. The Labute approximate surface area is 121 Å². The summed E-state index contributed by atoms with van der Waals surface area (Å²) in [6.07, 6.45) is -0.257. The summed E-state index contributed by atoms with van der Waals surface area (Å²) >= 11 is -0.251. The molecule has 10 heteroatoms. The summed E-state index contributed by atoms with van der Waals surface area (Å²) in [6.45, 7) is -0.106. The van der Waals surface area contributed by atoms with Gasteiger partial charge < -0.3 is 0 Å². The molecule has 1 aromatic carbocycles. The molecule has 0 aliphatic rings. The number of rotatable bonds is 6. The van der Waals surface area contributed by atoms with Gasteiger partial charge >= 0.3 is 121 Å². The second-order valence-corrected chi connectivity index (χ2v) is 6.90. The van der Waals surface area contributed by atoms with Crippen LogP contribution in [0.4, 0.5) is 5.69 Å². The molecule has 0 aliphatic heterocycles. The van der Waals surface area contributed by atoms with Crippen LogP contribution in [0.15, 0.2) is 18.2 Å². The molecule has 0 amide bonds. The van der Waals surface area contributed by atoms with E-state index in [4.69, 9.17) is 5.11 Å². The van der Waals surface area contributed by atoms with Crippen molar-refractivity contribution in [1.29, 1.82) is 0 Å². The first-order chi connectivity index (χ1) is 9.40. The fourth-order valence-electron chi connectivity index (χ4n) is 1.48. The quantitative estimate of drug-likeness (QED) is 0.685. The van der Waals surface area contributed by atoms with E-state index in [0.29, 0.717) is 16.7 Å². The molecule has 0 saturated heterocycles. The number of aliphatic carboxylic acids is 1. The van der Waals surface area contributed by atoms with Gasteiger partial charge in [-0.05, 0) is 0 Å². The Bertz CT molecular complexity index is 730. The van der Waals surface area contributed by atoms with Gasteiger partial charge in [-0.25, -0.2) is 0 Å². The third-order valence-electron chi connectivity index (χ3n) is 2.58. The Kier molecular flexibility index (Phi) is 4.38. The first-order valence-corrected chi connectivity index (χ1v) is 8.54. The predicted octanol–water partition coefficient (Wildman–Crippen LogP) is -0.250. The number of carboxylic acid groups (broad SMARTS) is 1. The van der Waals surface area contributed by atoms with Crippen molar-refractivity contribution in [2.45, 2.75) is 6.42 Å². The van der Waals surface area contributed by atoms with Crippen molar-refractivity contribution in [2.75, 3.05) is 18.3 Å². The van der Waals surface area contributed by atoms with Crippen LogP contribution in [0.5, 0.6) is 0 Å². The van der Waals surface area contributed by atoms with E-state index in [1.165, 1.54) is 7.05 Å². The van der Waals surface area contributed by atoms with Gasteiger partial charge in [0, 0.05) is 0 Å². The van der Waals surface area contributed by atoms with Crippen molar-refractivity contribution in [3.05, 3.63) is 18.2 Å². The second-order valence-electron chi connectivity index (χ2n) is 4.01. The topological polar surface area (TPSA) is 112 Å². The third kappa shape index (κ3) is 3.34. The zero-order valence-electron chi connectivity index (χ0n) is 10.5. The molecular weight excluding hydrogens is 351 g/mol. The molecule has 0 aliphatic carbocycles. The summed E-state index contributed by atoms with van der Waals surface area (Å²) in [4.78, 5) is 10.5. The minimum atomic E-state index is -3.81. The molecule has 0 radical (unpaired) electrons. The van der Waals surface area contributed by atoms with Gasteiger partial charge in [-0.15, -0.1) is 0 Å². The number of anilines is 1. The number of nitrogens with zero attached hydrogens (tertiary/aromatic N) is 3.